The Morgan fingerprint density at radius 2 is 2.09 bits per heavy atom. The minimum absolute atomic E-state index is 0.0155. The molecule has 1 N–H and O–H groups in total. The average Bonchev–Trinajstić information content (AvgIpc) is 3.15. The summed E-state index contributed by atoms with van der Waals surface area (Å²) in [6, 6.07) is 7.72. The Balaban J connectivity index is 1.97. The van der Waals surface area contributed by atoms with Gasteiger partial charge in [-0.3, -0.25) is 4.79 Å². The van der Waals surface area contributed by atoms with Gasteiger partial charge in [0.1, 0.15) is 0 Å². The molecule has 5 nitrogen and oxygen atoms in total. The van der Waals surface area contributed by atoms with Crippen molar-refractivity contribution in [1.29, 1.82) is 0 Å². The Morgan fingerprint density at radius 3 is 2.70 bits per heavy atom. The van der Waals surface area contributed by atoms with E-state index >= 15 is 0 Å². The summed E-state index contributed by atoms with van der Waals surface area (Å²) in [6.45, 7) is 2.35. The molecule has 0 aliphatic heterocycles. The fourth-order valence-electron chi connectivity index (χ4n) is 2.06. The molecule has 2 aromatic rings. The molecule has 2 rings (SSSR count). The van der Waals surface area contributed by atoms with Crippen molar-refractivity contribution < 1.29 is 13.2 Å². The Labute approximate surface area is 145 Å². The first-order chi connectivity index (χ1) is 10.8. The lowest BCUT2D eigenvalue weighted by atomic mass is 10.2. The minimum Gasteiger partial charge on any atom is -0.333 e. The van der Waals surface area contributed by atoms with E-state index in [0.717, 1.165) is 16.0 Å². The van der Waals surface area contributed by atoms with Crippen LogP contribution in [0.3, 0.4) is 0 Å². The molecule has 126 valence electrons. The fourth-order valence-corrected chi connectivity index (χ4v) is 4.35. The van der Waals surface area contributed by atoms with E-state index in [1.54, 1.807) is 29.4 Å². The second-order valence-corrected chi connectivity index (χ2v) is 9.27. The zero-order chi connectivity index (χ0) is 17.0. The van der Waals surface area contributed by atoms with Gasteiger partial charge >= 0.3 is 0 Å². The molecule has 0 saturated heterocycles. The lowest BCUT2D eigenvalue weighted by molar-refractivity contribution is 0.0750. The van der Waals surface area contributed by atoms with Crippen LogP contribution in [0, 0.1) is 0 Å². The lowest BCUT2D eigenvalue weighted by Crippen LogP contribution is -2.28. The van der Waals surface area contributed by atoms with Gasteiger partial charge in [0.2, 0.25) is 10.0 Å². The van der Waals surface area contributed by atoms with Crippen LogP contribution in [0.15, 0.2) is 29.6 Å². The Morgan fingerprint density at radius 1 is 1.35 bits per heavy atom. The van der Waals surface area contributed by atoms with E-state index in [1.807, 2.05) is 30.5 Å². The topological polar surface area (TPSA) is 66.5 Å². The van der Waals surface area contributed by atoms with Gasteiger partial charge in [0, 0.05) is 23.3 Å². The van der Waals surface area contributed by atoms with E-state index in [-0.39, 0.29) is 11.9 Å². The van der Waals surface area contributed by atoms with Crippen LogP contribution < -0.4 is 4.72 Å². The number of thiophene rings is 2. The summed E-state index contributed by atoms with van der Waals surface area (Å²) in [5.41, 5.74) is 0. The van der Waals surface area contributed by atoms with Crippen molar-refractivity contribution in [3.63, 3.8) is 0 Å². The molecular formula is C15H20N2O3S3. The van der Waals surface area contributed by atoms with Crippen molar-refractivity contribution in [2.75, 3.05) is 19.8 Å². The highest BCUT2D eigenvalue weighted by Gasteiger charge is 2.21. The molecule has 0 spiro atoms. The van der Waals surface area contributed by atoms with Crippen molar-refractivity contribution in [2.45, 2.75) is 19.4 Å². The van der Waals surface area contributed by atoms with Crippen molar-refractivity contribution in [3.8, 4) is 0 Å². The highest BCUT2D eigenvalue weighted by atomic mass is 32.2. The average molecular weight is 373 g/mol. The van der Waals surface area contributed by atoms with Crippen LogP contribution in [0.25, 0.3) is 0 Å². The van der Waals surface area contributed by atoms with E-state index in [9.17, 15) is 13.2 Å². The van der Waals surface area contributed by atoms with E-state index in [0.29, 0.717) is 17.8 Å². The zero-order valence-electron chi connectivity index (χ0n) is 13.3. The number of rotatable bonds is 7. The first-order valence-corrected chi connectivity index (χ1v) is 10.7. The maximum absolute atomic E-state index is 12.6. The molecule has 0 aromatic carbocycles. The Kier molecular flexibility index (Phi) is 5.96. The number of sulfonamides is 1. The summed E-state index contributed by atoms with van der Waals surface area (Å²) >= 11 is 3.05. The van der Waals surface area contributed by atoms with E-state index in [1.165, 1.54) is 11.3 Å². The summed E-state index contributed by atoms with van der Waals surface area (Å²) in [5, 5.41) is 2.00. The molecule has 1 atom stereocenters. The van der Waals surface area contributed by atoms with Gasteiger partial charge in [0.25, 0.3) is 5.91 Å². The van der Waals surface area contributed by atoms with Crippen molar-refractivity contribution in [1.82, 2.24) is 9.62 Å². The number of carbonyl (C=O) groups excluding carboxylic acids is 1. The lowest BCUT2D eigenvalue weighted by Gasteiger charge is -2.23. The Bertz CT molecular complexity index is 751. The quantitative estimate of drug-likeness (QED) is 0.813. The first-order valence-electron chi connectivity index (χ1n) is 7.12. The smallest absolute Gasteiger partial charge is 0.264 e. The standard InChI is InChI=1S/C15H20N2O3S3/c1-11(13-5-4-10-21-13)17(2)15(18)14-7-6-12(22-14)8-9-16-23(3,19)20/h4-7,10-11,16H,8-9H2,1-3H3. The molecule has 23 heavy (non-hydrogen) atoms. The van der Waals surface area contributed by atoms with Gasteiger partial charge in [-0.15, -0.1) is 22.7 Å². The molecular weight excluding hydrogens is 352 g/mol. The predicted molar refractivity (Wildman–Crippen MR) is 95.7 cm³/mol. The molecule has 0 aliphatic carbocycles. The van der Waals surface area contributed by atoms with Gasteiger partial charge < -0.3 is 4.90 Å². The highest BCUT2D eigenvalue weighted by molar-refractivity contribution is 7.88. The monoisotopic (exact) mass is 372 g/mol. The third kappa shape index (κ3) is 5.13. The number of hydrogen-bond acceptors (Lipinski definition) is 5. The van der Waals surface area contributed by atoms with E-state index in [2.05, 4.69) is 4.72 Å². The summed E-state index contributed by atoms with van der Waals surface area (Å²) in [7, 11) is -1.37. The highest BCUT2D eigenvalue weighted by Crippen LogP contribution is 2.26. The largest absolute Gasteiger partial charge is 0.333 e. The van der Waals surface area contributed by atoms with Gasteiger partial charge in [0.05, 0.1) is 17.2 Å². The fraction of sp³-hybridized carbons (Fsp3) is 0.400. The van der Waals surface area contributed by atoms with Crippen LogP contribution in [0.2, 0.25) is 0 Å². The number of nitrogens with one attached hydrogen (secondary N) is 1. The zero-order valence-corrected chi connectivity index (χ0v) is 15.7. The number of hydrogen-bond donors (Lipinski definition) is 1. The molecule has 8 heteroatoms. The molecule has 0 radical (unpaired) electrons. The van der Waals surface area contributed by atoms with Crippen molar-refractivity contribution in [2.24, 2.45) is 0 Å². The van der Waals surface area contributed by atoms with E-state index < -0.39 is 10.0 Å². The number of nitrogens with zero attached hydrogens (tertiary/aromatic N) is 1. The van der Waals surface area contributed by atoms with Gasteiger partial charge in [0.15, 0.2) is 0 Å². The summed E-state index contributed by atoms with van der Waals surface area (Å²) in [4.78, 5) is 17.1. The van der Waals surface area contributed by atoms with Crippen molar-refractivity contribution in [3.05, 3.63) is 44.3 Å². The van der Waals surface area contributed by atoms with Crippen LogP contribution in [0.5, 0.6) is 0 Å². The molecule has 0 bridgehead atoms. The molecule has 0 fully saturated rings. The third-order valence-electron chi connectivity index (χ3n) is 3.46. The molecule has 2 aromatic heterocycles. The number of amides is 1. The minimum atomic E-state index is -3.17. The second-order valence-electron chi connectivity index (χ2n) is 5.29. The van der Waals surface area contributed by atoms with Crippen LogP contribution in [0.4, 0.5) is 0 Å². The van der Waals surface area contributed by atoms with E-state index in [4.69, 9.17) is 0 Å². The first kappa shape index (κ1) is 18.1. The molecule has 0 aliphatic rings. The van der Waals surface area contributed by atoms with Crippen LogP contribution in [-0.4, -0.2) is 39.1 Å². The van der Waals surface area contributed by atoms with Gasteiger partial charge in [-0.2, -0.15) is 0 Å². The van der Waals surface area contributed by atoms with Gasteiger partial charge in [-0.05, 0) is 36.9 Å². The normalized spacial score (nSPS) is 13.0. The summed E-state index contributed by atoms with van der Waals surface area (Å²) < 4.78 is 24.5. The van der Waals surface area contributed by atoms with Crippen molar-refractivity contribution >= 4 is 38.6 Å². The maximum atomic E-state index is 12.6. The Hall–Kier alpha value is -1.22. The molecule has 1 unspecified atom stereocenters. The van der Waals surface area contributed by atoms with Gasteiger partial charge in [-0.25, -0.2) is 13.1 Å². The SMILES string of the molecule is CC(c1cccs1)N(C)C(=O)c1ccc(CCNS(C)(=O)=O)s1. The van der Waals surface area contributed by atoms with Crippen LogP contribution in [-0.2, 0) is 16.4 Å². The van der Waals surface area contributed by atoms with Crippen LogP contribution in [0.1, 0.15) is 32.4 Å². The molecule has 0 saturated carbocycles. The van der Waals surface area contributed by atoms with Crippen LogP contribution >= 0.6 is 22.7 Å². The number of carbonyl (C=O) groups is 1. The predicted octanol–water partition coefficient (Wildman–Crippen LogP) is 2.73. The molecule has 2 heterocycles. The molecule has 1 amide bonds. The third-order valence-corrected chi connectivity index (χ3v) is 6.37. The maximum Gasteiger partial charge on any atom is 0.264 e. The van der Waals surface area contributed by atoms with Gasteiger partial charge in [-0.1, -0.05) is 6.07 Å². The second kappa shape index (κ2) is 7.57. The summed E-state index contributed by atoms with van der Waals surface area (Å²) in [6.07, 6.45) is 1.71. The summed E-state index contributed by atoms with van der Waals surface area (Å²) in [5.74, 6) is -0.0155.